The lowest BCUT2D eigenvalue weighted by Crippen LogP contribution is -2.26. The highest BCUT2D eigenvalue weighted by atomic mass is 19.4. The van der Waals surface area contributed by atoms with Crippen LogP contribution in [0.25, 0.3) is 0 Å². The van der Waals surface area contributed by atoms with E-state index < -0.39 is 11.7 Å². The Balaban J connectivity index is 2.06. The van der Waals surface area contributed by atoms with Crippen molar-refractivity contribution < 1.29 is 13.2 Å². The molecular formula is C13H18F3N3. The average Bonchev–Trinajstić information content (AvgIpc) is 2.63. The second kappa shape index (κ2) is 5.75. The number of aromatic nitrogens is 2. The van der Waals surface area contributed by atoms with Crippen LogP contribution in [-0.4, -0.2) is 23.1 Å². The highest BCUT2D eigenvalue weighted by Crippen LogP contribution is 2.29. The van der Waals surface area contributed by atoms with Crippen LogP contribution in [0.1, 0.15) is 38.2 Å². The molecule has 0 aromatic carbocycles. The summed E-state index contributed by atoms with van der Waals surface area (Å²) in [6.45, 7) is 3.82. The van der Waals surface area contributed by atoms with Gasteiger partial charge in [-0.3, -0.25) is 0 Å². The molecule has 0 amide bonds. The first kappa shape index (κ1) is 14.1. The van der Waals surface area contributed by atoms with Crippen molar-refractivity contribution in [2.45, 2.75) is 38.8 Å². The van der Waals surface area contributed by atoms with Crippen LogP contribution in [0.3, 0.4) is 0 Å². The van der Waals surface area contributed by atoms with E-state index in [4.69, 9.17) is 0 Å². The van der Waals surface area contributed by atoms with Gasteiger partial charge in [0.05, 0.1) is 5.56 Å². The molecule has 1 aliphatic rings. The highest BCUT2D eigenvalue weighted by Gasteiger charge is 2.31. The largest absolute Gasteiger partial charge is 0.419 e. The Morgan fingerprint density at radius 3 is 2.47 bits per heavy atom. The number of hydrogen-bond acceptors (Lipinski definition) is 3. The molecule has 1 unspecified atom stereocenters. The zero-order chi connectivity index (χ0) is 13.9. The summed E-state index contributed by atoms with van der Waals surface area (Å²) < 4.78 is 37.3. The minimum absolute atomic E-state index is 0.407. The molecule has 1 aliphatic heterocycles. The molecular weight excluding hydrogens is 255 g/mol. The van der Waals surface area contributed by atoms with Crippen LogP contribution in [0, 0.1) is 5.92 Å². The Bertz CT molecular complexity index is 403. The molecule has 0 N–H and O–H groups in total. The predicted molar refractivity (Wildman–Crippen MR) is 66.9 cm³/mol. The number of alkyl halides is 3. The molecule has 1 fully saturated rings. The number of nitrogens with zero attached hydrogens (tertiary/aromatic N) is 3. The van der Waals surface area contributed by atoms with Gasteiger partial charge >= 0.3 is 6.18 Å². The van der Waals surface area contributed by atoms with Crippen LogP contribution in [0.5, 0.6) is 0 Å². The van der Waals surface area contributed by atoms with Crippen molar-refractivity contribution in [2.24, 2.45) is 5.92 Å². The summed E-state index contributed by atoms with van der Waals surface area (Å²) in [5.41, 5.74) is -0.794. The van der Waals surface area contributed by atoms with Crippen molar-refractivity contribution in [1.82, 2.24) is 9.97 Å². The molecule has 1 atom stereocenters. The van der Waals surface area contributed by atoms with Crippen LogP contribution in [0.2, 0.25) is 0 Å². The predicted octanol–water partition coefficient (Wildman–Crippen LogP) is 3.51. The van der Waals surface area contributed by atoms with Crippen LogP contribution >= 0.6 is 0 Å². The minimum atomic E-state index is -4.37. The molecule has 0 saturated carbocycles. The topological polar surface area (TPSA) is 29.0 Å². The van der Waals surface area contributed by atoms with Crippen molar-refractivity contribution in [2.75, 3.05) is 18.0 Å². The van der Waals surface area contributed by atoms with Crippen molar-refractivity contribution >= 4 is 5.95 Å². The van der Waals surface area contributed by atoms with Gasteiger partial charge in [-0.1, -0.05) is 13.3 Å². The van der Waals surface area contributed by atoms with Crippen LogP contribution in [0.4, 0.5) is 19.1 Å². The van der Waals surface area contributed by atoms with Crippen LogP contribution in [-0.2, 0) is 6.18 Å². The Labute approximate surface area is 110 Å². The first-order chi connectivity index (χ1) is 9.00. The highest BCUT2D eigenvalue weighted by molar-refractivity contribution is 5.30. The van der Waals surface area contributed by atoms with Gasteiger partial charge < -0.3 is 4.90 Å². The lowest BCUT2D eigenvalue weighted by atomic mass is 9.98. The molecule has 2 heterocycles. The van der Waals surface area contributed by atoms with Crippen LogP contribution < -0.4 is 4.90 Å². The lowest BCUT2D eigenvalue weighted by molar-refractivity contribution is -0.138. The fraction of sp³-hybridized carbons (Fsp3) is 0.692. The van der Waals surface area contributed by atoms with Gasteiger partial charge in [-0.2, -0.15) is 13.2 Å². The molecule has 19 heavy (non-hydrogen) atoms. The Hall–Kier alpha value is -1.33. The standard InChI is InChI=1S/C13H18F3N3/c1-2-10-4-3-6-19(7-5-10)12-17-8-11(9-18-12)13(14,15)16/h8-10H,2-7H2,1H3. The van der Waals surface area contributed by atoms with Gasteiger partial charge in [0.2, 0.25) is 5.95 Å². The maximum Gasteiger partial charge on any atom is 0.419 e. The van der Waals surface area contributed by atoms with Crippen molar-refractivity contribution in [1.29, 1.82) is 0 Å². The molecule has 0 spiro atoms. The summed E-state index contributed by atoms with van der Waals surface area (Å²) in [4.78, 5) is 9.69. The van der Waals surface area contributed by atoms with E-state index in [9.17, 15) is 13.2 Å². The summed E-state index contributed by atoms with van der Waals surface area (Å²) in [5.74, 6) is 1.12. The smallest absolute Gasteiger partial charge is 0.341 e. The van der Waals surface area contributed by atoms with Crippen molar-refractivity contribution in [3.8, 4) is 0 Å². The normalized spacial score (nSPS) is 21.3. The molecule has 1 aromatic rings. The average molecular weight is 273 g/mol. The van der Waals surface area contributed by atoms with Gasteiger partial charge in [-0.25, -0.2) is 9.97 Å². The van der Waals surface area contributed by atoms with E-state index in [2.05, 4.69) is 16.9 Å². The minimum Gasteiger partial charge on any atom is -0.341 e. The van der Waals surface area contributed by atoms with E-state index in [-0.39, 0.29) is 0 Å². The zero-order valence-electron chi connectivity index (χ0n) is 11.0. The van der Waals surface area contributed by atoms with Gasteiger partial charge in [-0.05, 0) is 25.2 Å². The summed E-state index contributed by atoms with van der Waals surface area (Å²) in [5, 5.41) is 0. The third-order valence-electron chi connectivity index (χ3n) is 3.67. The molecule has 2 rings (SSSR count). The van der Waals surface area contributed by atoms with Crippen LogP contribution in [0.15, 0.2) is 12.4 Å². The molecule has 1 saturated heterocycles. The fourth-order valence-electron chi connectivity index (χ4n) is 2.40. The quantitative estimate of drug-likeness (QED) is 0.825. The SMILES string of the molecule is CCC1CCCN(c2ncc(C(F)(F)F)cn2)CC1. The molecule has 6 heteroatoms. The number of halogens is 3. The maximum absolute atomic E-state index is 12.4. The second-order valence-electron chi connectivity index (χ2n) is 4.96. The Kier molecular flexibility index (Phi) is 4.27. The number of anilines is 1. The van der Waals surface area contributed by atoms with E-state index in [0.717, 1.165) is 44.7 Å². The Morgan fingerprint density at radius 1 is 1.21 bits per heavy atom. The van der Waals surface area contributed by atoms with Crippen molar-refractivity contribution in [3.05, 3.63) is 18.0 Å². The summed E-state index contributed by atoms with van der Waals surface area (Å²) in [6.07, 6.45) is 1.79. The first-order valence-corrected chi connectivity index (χ1v) is 6.65. The number of hydrogen-bond donors (Lipinski definition) is 0. The molecule has 0 bridgehead atoms. The van der Waals surface area contributed by atoms with Gasteiger partial charge in [0.15, 0.2) is 0 Å². The van der Waals surface area contributed by atoms with Gasteiger partial charge in [0.1, 0.15) is 0 Å². The fourth-order valence-corrected chi connectivity index (χ4v) is 2.40. The van der Waals surface area contributed by atoms with E-state index in [1.54, 1.807) is 0 Å². The molecule has 0 radical (unpaired) electrons. The maximum atomic E-state index is 12.4. The second-order valence-corrected chi connectivity index (χ2v) is 4.96. The molecule has 1 aromatic heterocycles. The lowest BCUT2D eigenvalue weighted by Gasteiger charge is -2.20. The zero-order valence-corrected chi connectivity index (χ0v) is 11.0. The van der Waals surface area contributed by atoms with Gasteiger partial charge in [0, 0.05) is 25.5 Å². The third kappa shape index (κ3) is 3.58. The monoisotopic (exact) mass is 273 g/mol. The van der Waals surface area contributed by atoms with Gasteiger partial charge in [-0.15, -0.1) is 0 Å². The van der Waals surface area contributed by atoms with E-state index in [0.29, 0.717) is 11.9 Å². The molecule has 3 nitrogen and oxygen atoms in total. The molecule has 106 valence electrons. The Morgan fingerprint density at radius 2 is 1.89 bits per heavy atom. The van der Waals surface area contributed by atoms with E-state index in [1.807, 2.05) is 4.90 Å². The number of rotatable bonds is 2. The summed E-state index contributed by atoms with van der Waals surface area (Å²) >= 11 is 0. The van der Waals surface area contributed by atoms with E-state index >= 15 is 0 Å². The third-order valence-corrected chi connectivity index (χ3v) is 3.67. The first-order valence-electron chi connectivity index (χ1n) is 6.65. The van der Waals surface area contributed by atoms with Crippen molar-refractivity contribution in [3.63, 3.8) is 0 Å². The summed E-state index contributed by atoms with van der Waals surface area (Å²) in [7, 11) is 0. The molecule has 0 aliphatic carbocycles. The van der Waals surface area contributed by atoms with E-state index in [1.165, 1.54) is 6.42 Å². The van der Waals surface area contributed by atoms with Gasteiger partial charge in [0.25, 0.3) is 0 Å². The summed E-state index contributed by atoms with van der Waals surface area (Å²) in [6, 6.07) is 0.